The Labute approximate surface area is 106 Å². The standard InChI is InChI=1S/C13H29N3O/c1-5-8-9-15(4)12(11-14)10-13(17)16(6-2)7-3/h12H,5-11,14H2,1-4H3. The van der Waals surface area contributed by atoms with Gasteiger partial charge in [-0.05, 0) is 33.9 Å². The largest absolute Gasteiger partial charge is 0.343 e. The van der Waals surface area contributed by atoms with Gasteiger partial charge in [0.1, 0.15) is 0 Å². The summed E-state index contributed by atoms with van der Waals surface area (Å²) in [6.45, 7) is 9.33. The number of rotatable bonds is 9. The van der Waals surface area contributed by atoms with E-state index in [4.69, 9.17) is 5.73 Å². The summed E-state index contributed by atoms with van der Waals surface area (Å²) in [5.74, 6) is 0.216. The third kappa shape index (κ3) is 6.03. The van der Waals surface area contributed by atoms with Crippen molar-refractivity contribution in [1.29, 1.82) is 0 Å². The lowest BCUT2D eigenvalue weighted by Crippen LogP contribution is -2.43. The minimum Gasteiger partial charge on any atom is -0.343 e. The maximum Gasteiger partial charge on any atom is 0.224 e. The maximum atomic E-state index is 12.0. The number of carbonyl (C=O) groups is 1. The van der Waals surface area contributed by atoms with E-state index in [0.717, 1.165) is 26.1 Å². The van der Waals surface area contributed by atoms with Crippen LogP contribution in [0.2, 0.25) is 0 Å². The summed E-state index contributed by atoms with van der Waals surface area (Å²) in [6, 6.07) is 0.176. The van der Waals surface area contributed by atoms with Crippen molar-refractivity contribution in [3.8, 4) is 0 Å². The molecule has 102 valence electrons. The molecule has 0 aromatic rings. The van der Waals surface area contributed by atoms with Gasteiger partial charge in [0.2, 0.25) is 5.91 Å². The molecule has 1 unspecified atom stereocenters. The SMILES string of the molecule is CCCCN(C)C(CN)CC(=O)N(CC)CC. The van der Waals surface area contributed by atoms with Crippen molar-refractivity contribution in [3.63, 3.8) is 0 Å². The molecule has 4 nitrogen and oxygen atoms in total. The van der Waals surface area contributed by atoms with Crippen molar-refractivity contribution in [3.05, 3.63) is 0 Å². The highest BCUT2D eigenvalue weighted by molar-refractivity contribution is 5.76. The molecular weight excluding hydrogens is 214 g/mol. The van der Waals surface area contributed by atoms with Gasteiger partial charge in [-0.2, -0.15) is 0 Å². The van der Waals surface area contributed by atoms with E-state index in [1.165, 1.54) is 6.42 Å². The molecule has 0 aliphatic carbocycles. The Hall–Kier alpha value is -0.610. The summed E-state index contributed by atoms with van der Waals surface area (Å²) in [6.07, 6.45) is 2.87. The summed E-state index contributed by atoms with van der Waals surface area (Å²) < 4.78 is 0. The van der Waals surface area contributed by atoms with E-state index in [1.807, 2.05) is 18.7 Å². The van der Waals surface area contributed by atoms with E-state index in [2.05, 4.69) is 18.9 Å². The number of hydrogen-bond acceptors (Lipinski definition) is 3. The first-order valence-corrected chi connectivity index (χ1v) is 6.78. The number of hydrogen-bond donors (Lipinski definition) is 1. The lowest BCUT2D eigenvalue weighted by atomic mass is 10.1. The minimum absolute atomic E-state index is 0.176. The number of nitrogens with zero attached hydrogens (tertiary/aromatic N) is 2. The Morgan fingerprint density at radius 2 is 1.82 bits per heavy atom. The zero-order valence-electron chi connectivity index (χ0n) is 11.9. The topological polar surface area (TPSA) is 49.6 Å². The molecule has 17 heavy (non-hydrogen) atoms. The van der Waals surface area contributed by atoms with E-state index in [1.54, 1.807) is 0 Å². The average molecular weight is 243 g/mol. The van der Waals surface area contributed by atoms with Crippen LogP contribution in [0.3, 0.4) is 0 Å². The van der Waals surface area contributed by atoms with Gasteiger partial charge in [0.15, 0.2) is 0 Å². The molecule has 0 aromatic heterocycles. The van der Waals surface area contributed by atoms with E-state index < -0.39 is 0 Å². The van der Waals surface area contributed by atoms with Crippen LogP contribution in [0.4, 0.5) is 0 Å². The van der Waals surface area contributed by atoms with Crippen LogP contribution in [0, 0.1) is 0 Å². The summed E-state index contributed by atoms with van der Waals surface area (Å²) >= 11 is 0. The quantitative estimate of drug-likeness (QED) is 0.664. The van der Waals surface area contributed by atoms with Crippen molar-refractivity contribution >= 4 is 5.91 Å². The molecule has 0 aliphatic heterocycles. The van der Waals surface area contributed by atoms with E-state index in [-0.39, 0.29) is 11.9 Å². The molecule has 0 fully saturated rings. The molecule has 0 bridgehead atoms. The van der Waals surface area contributed by atoms with Crippen LogP contribution in [0.5, 0.6) is 0 Å². The van der Waals surface area contributed by atoms with Gasteiger partial charge in [-0.25, -0.2) is 0 Å². The van der Waals surface area contributed by atoms with Gasteiger partial charge < -0.3 is 15.5 Å². The normalized spacial score (nSPS) is 12.8. The molecule has 0 aliphatic rings. The second kappa shape index (κ2) is 9.42. The molecular formula is C13H29N3O. The maximum absolute atomic E-state index is 12.0. The van der Waals surface area contributed by atoms with Crippen LogP contribution in [0.15, 0.2) is 0 Å². The van der Waals surface area contributed by atoms with Crippen LogP contribution in [-0.4, -0.2) is 55.0 Å². The monoisotopic (exact) mass is 243 g/mol. The molecule has 0 saturated heterocycles. The van der Waals surface area contributed by atoms with Gasteiger partial charge in [-0.15, -0.1) is 0 Å². The third-order valence-electron chi connectivity index (χ3n) is 3.29. The zero-order valence-corrected chi connectivity index (χ0v) is 11.9. The highest BCUT2D eigenvalue weighted by Crippen LogP contribution is 2.06. The highest BCUT2D eigenvalue weighted by atomic mass is 16.2. The first kappa shape index (κ1) is 16.4. The smallest absolute Gasteiger partial charge is 0.224 e. The number of nitrogens with two attached hydrogens (primary N) is 1. The van der Waals surface area contributed by atoms with Gasteiger partial charge in [0.25, 0.3) is 0 Å². The van der Waals surface area contributed by atoms with Crippen molar-refractivity contribution in [2.45, 2.75) is 46.1 Å². The number of amides is 1. The molecule has 0 spiro atoms. The van der Waals surface area contributed by atoms with Gasteiger partial charge in [0.05, 0.1) is 0 Å². The molecule has 1 amide bonds. The number of carbonyl (C=O) groups excluding carboxylic acids is 1. The molecule has 2 N–H and O–H groups in total. The predicted molar refractivity (Wildman–Crippen MR) is 72.9 cm³/mol. The lowest BCUT2D eigenvalue weighted by Gasteiger charge is -2.28. The highest BCUT2D eigenvalue weighted by Gasteiger charge is 2.19. The molecule has 4 heteroatoms. The fraction of sp³-hybridized carbons (Fsp3) is 0.923. The summed E-state index contributed by atoms with van der Waals surface area (Å²) in [5.41, 5.74) is 5.76. The van der Waals surface area contributed by atoms with Crippen LogP contribution in [0.25, 0.3) is 0 Å². The van der Waals surface area contributed by atoms with Crippen LogP contribution in [-0.2, 0) is 4.79 Å². The molecule has 0 radical (unpaired) electrons. The van der Waals surface area contributed by atoms with Crippen LogP contribution >= 0.6 is 0 Å². The number of unbranched alkanes of at least 4 members (excludes halogenated alkanes) is 1. The Kier molecular flexibility index (Phi) is 9.09. The molecule has 1 atom stereocenters. The molecule has 0 saturated carbocycles. The van der Waals surface area contributed by atoms with E-state index in [0.29, 0.717) is 13.0 Å². The van der Waals surface area contributed by atoms with Crippen LogP contribution in [0.1, 0.15) is 40.0 Å². The summed E-state index contributed by atoms with van der Waals surface area (Å²) in [5, 5.41) is 0. The molecule has 0 aromatic carbocycles. The Bertz CT molecular complexity index is 205. The Morgan fingerprint density at radius 1 is 1.24 bits per heavy atom. The van der Waals surface area contributed by atoms with Crippen molar-refractivity contribution < 1.29 is 4.79 Å². The number of likely N-dealkylation sites (N-methyl/N-ethyl adjacent to an activating group) is 1. The second-order valence-electron chi connectivity index (χ2n) is 4.49. The minimum atomic E-state index is 0.176. The predicted octanol–water partition coefficient (Wildman–Crippen LogP) is 1.30. The molecule has 0 rings (SSSR count). The Morgan fingerprint density at radius 3 is 2.24 bits per heavy atom. The zero-order chi connectivity index (χ0) is 13.3. The van der Waals surface area contributed by atoms with Crippen LogP contribution < -0.4 is 5.73 Å². The first-order valence-electron chi connectivity index (χ1n) is 6.78. The van der Waals surface area contributed by atoms with Crippen molar-refractivity contribution in [2.24, 2.45) is 5.73 Å². The van der Waals surface area contributed by atoms with E-state index >= 15 is 0 Å². The van der Waals surface area contributed by atoms with Gasteiger partial charge in [-0.3, -0.25) is 4.79 Å². The van der Waals surface area contributed by atoms with Crippen molar-refractivity contribution in [2.75, 3.05) is 33.2 Å². The lowest BCUT2D eigenvalue weighted by molar-refractivity contribution is -0.132. The average Bonchev–Trinajstić information content (AvgIpc) is 2.34. The van der Waals surface area contributed by atoms with Gasteiger partial charge >= 0.3 is 0 Å². The fourth-order valence-electron chi connectivity index (χ4n) is 1.92. The third-order valence-corrected chi connectivity index (χ3v) is 3.29. The summed E-state index contributed by atoms with van der Waals surface area (Å²) in [4.78, 5) is 16.1. The van der Waals surface area contributed by atoms with Gasteiger partial charge in [-0.1, -0.05) is 13.3 Å². The van der Waals surface area contributed by atoms with E-state index in [9.17, 15) is 4.79 Å². The second-order valence-corrected chi connectivity index (χ2v) is 4.49. The fourth-order valence-corrected chi connectivity index (χ4v) is 1.92. The van der Waals surface area contributed by atoms with Crippen molar-refractivity contribution in [1.82, 2.24) is 9.80 Å². The first-order chi connectivity index (χ1) is 8.10. The molecule has 0 heterocycles. The Balaban J connectivity index is 4.23. The van der Waals surface area contributed by atoms with Gasteiger partial charge in [0, 0.05) is 32.1 Å². The summed E-state index contributed by atoms with van der Waals surface area (Å²) in [7, 11) is 2.06.